The van der Waals surface area contributed by atoms with Gasteiger partial charge in [-0.15, -0.1) is 0 Å². The Morgan fingerprint density at radius 1 is 0.447 bits per heavy atom. The minimum atomic E-state index is -0.471. The third-order valence-corrected chi connectivity index (χ3v) is 10.2. The summed E-state index contributed by atoms with van der Waals surface area (Å²) in [5.41, 5.74) is 16.8. The molecular weight excluding hydrogens is 571 g/mol. The standard InChI is InChI=1S/C44H25N3/c45-25-27-11-13-28(14-12-27)30-17-19-36-37-20-18-31(33-22-32-16-15-29-6-5-21-46-42(29)43(32)47-26-33)24-41(37)44(40(36)23-30)38-9-3-1-7-34(38)35-8-2-4-10-39(35)44/h1-24,26H. The number of pyridine rings is 2. The first-order valence-electron chi connectivity index (χ1n) is 15.9. The highest BCUT2D eigenvalue weighted by Crippen LogP contribution is 2.63. The van der Waals surface area contributed by atoms with E-state index in [2.05, 4.69) is 132 Å². The van der Waals surface area contributed by atoms with Crippen LogP contribution in [0.25, 0.3) is 66.3 Å². The van der Waals surface area contributed by atoms with Crippen LogP contribution in [-0.4, -0.2) is 9.97 Å². The number of nitriles is 1. The van der Waals surface area contributed by atoms with Crippen LogP contribution < -0.4 is 0 Å². The van der Waals surface area contributed by atoms with E-state index in [-0.39, 0.29) is 0 Å². The van der Waals surface area contributed by atoms with Crippen molar-refractivity contribution < 1.29 is 0 Å². The molecule has 0 N–H and O–H groups in total. The molecule has 47 heavy (non-hydrogen) atoms. The van der Waals surface area contributed by atoms with Crippen molar-refractivity contribution in [2.24, 2.45) is 0 Å². The summed E-state index contributed by atoms with van der Waals surface area (Å²) in [6, 6.07) is 52.3. The Balaban J connectivity index is 1.23. The van der Waals surface area contributed by atoms with Gasteiger partial charge in [0.05, 0.1) is 28.1 Å². The SMILES string of the molecule is N#Cc1ccc(-c2ccc3c(c2)C2(c4ccccc4-c4ccccc42)c2cc(-c4cnc5c(ccc6cccnc65)c4)ccc2-3)cc1. The monoisotopic (exact) mass is 595 g/mol. The normalized spacial score (nSPS) is 13.3. The van der Waals surface area contributed by atoms with E-state index in [4.69, 9.17) is 4.98 Å². The van der Waals surface area contributed by atoms with Crippen molar-refractivity contribution in [1.82, 2.24) is 9.97 Å². The van der Waals surface area contributed by atoms with Gasteiger partial charge in [0.15, 0.2) is 0 Å². The number of nitrogens with zero attached hydrogens (tertiary/aromatic N) is 3. The molecule has 1 spiro atoms. The van der Waals surface area contributed by atoms with Crippen LogP contribution in [0.1, 0.15) is 27.8 Å². The summed E-state index contributed by atoms with van der Waals surface area (Å²) in [6.45, 7) is 0. The predicted molar refractivity (Wildman–Crippen MR) is 189 cm³/mol. The van der Waals surface area contributed by atoms with Crippen LogP contribution in [0.3, 0.4) is 0 Å². The van der Waals surface area contributed by atoms with Crippen LogP contribution in [0.5, 0.6) is 0 Å². The molecule has 3 nitrogen and oxygen atoms in total. The van der Waals surface area contributed by atoms with Gasteiger partial charge in [-0.1, -0.05) is 103 Å². The van der Waals surface area contributed by atoms with E-state index in [0.29, 0.717) is 5.56 Å². The van der Waals surface area contributed by atoms with Gasteiger partial charge >= 0.3 is 0 Å². The summed E-state index contributed by atoms with van der Waals surface area (Å²) in [6.07, 6.45) is 3.82. The van der Waals surface area contributed by atoms with Gasteiger partial charge in [0.2, 0.25) is 0 Å². The number of rotatable bonds is 2. The van der Waals surface area contributed by atoms with Crippen LogP contribution in [0, 0.1) is 11.3 Å². The van der Waals surface area contributed by atoms with Gasteiger partial charge in [-0.25, -0.2) is 0 Å². The van der Waals surface area contributed by atoms with Crippen molar-refractivity contribution in [3.8, 4) is 50.6 Å². The van der Waals surface area contributed by atoms with Gasteiger partial charge in [0.1, 0.15) is 0 Å². The van der Waals surface area contributed by atoms with Gasteiger partial charge in [-0.05, 0) is 97.6 Å². The van der Waals surface area contributed by atoms with E-state index in [0.717, 1.165) is 44.1 Å². The van der Waals surface area contributed by atoms with Crippen molar-refractivity contribution >= 4 is 21.8 Å². The second-order valence-corrected chi connectivity index (χ2v) is 12.5. The summed E-state index contributed by atoms with van der Waals surface area (Å²) < 4.78 is 0. The number of benzene rings is 6. The van der Waals surface area contributed by atoms with Crippen molar-refractivity contribution in [2.75, 3.05) is 0 Å². The molecular formula is C44H25N3. The molecule has 0 saturated heterocycles. The number of fused-ring (bicyclic) bond motifs is 13. The molecule has 216 valence electrons. The molecule has 0 saturated carbocycles. The zero-order chi connectivity index (χ0) is 31.1. The smallest absolute Gasteiger partial charge is 0.0991 e. The lowest BCUT2D eigenvalue weighted by molar-refractivity contribution is 0.794. The van der Waals surface area contributed by atoms with E-state index in [1.165, 1.54) is 44.5 Å². The first-order chi connectivity index (χ1) is 23.2. The van der Waals surface area contributed by atoms with E-state index in [1.54, 1.807) is 0 Å². The zero-order valence-electron chi connectivity index (χ0n) is 25.3. The van der Waals surface area contributed by atoms with Crippen LogP contribution in [0.2, 0.25) is 0 Å². The van der Waals surface area contributed by atoms with Gasteiger partial charge < -0.3 is 0 Å². The van der Waals surface area contributed by atoms with Gasteiger partial charge in [0.25, 0.3) is 0 Å². The second kappa shape index (κ2) is 9.57. The Morgan fingerprint density at radius 2 is 1.02 bits per heavy atom. The summed E-state index contributed by atoms with van der Waals surface area (Å²) in [5, 5.41) is 11.6. The number of hydrogen-bond acceptors (Lipinski definition) is 3. The van der Waals surface area contributed by atoms with Gasteiger partial charge in [-0.3, -0.25) is 9.97 Å². The van der Waals surface area contributed by atoms with Crippen LogP contribution in [0.4, 0.5) is 0 Å². The molecule has 6 aromatic carbocycles. The zero-order valence-corrected chi connectivity index (χ0v) is 25.3. The van der Waals surface area contributed by atoms with Crippen molar-refractivity contribution in [2.45, 2.75) is 5.41 Å². The number of hydrogen-bond donors (Lipinski definition) is 0. The highest BCUT2D eigenvalue weighted by molar-refractivity contribution is 6.04. The average molecular weight is 596 g/mol. The summed E-state index contributed by atoms with van der Waals surface area (Å²) in [7, 11) is 0. The summed E-state index contributed by atoms with van der Waals surface area (Å²) in [5.74, 6) is 0. The Labute approximate surface area is 272 Å². The Hall–Kier alpha value is -6.37. The first kappa shape index (κ1) is 25.9. The third-order valence-electron chi connectivity index (χ3n) is 10.2. The molecule has 3 heteroatoms. The van der Waals surface area contributed by atoms with E-state index in [1.807, 2.05) is 30.6 Å². The average Bonchev–Trinajstić information content (AvgIpc) is 3.61. The fraction of sp³-hybridized carbons (Fsp3) is 0.0227. The highest BCUT2D eigenvalue weighted by Gasteiger charge is 2.51. The lowest BCUT2D eigenvalue weighted by atomic mass is 9.70. The maximum absolute atomic E-state index is 9.39. The molecule has 2 aromatic heterocycles. The minimum absolute atomic E-state index is 0.471. The third kappa shape index (κ3) is 3.50. The van der Waals surface area contributed by atoms with Crippen molar-refractivity contribution in [3.63, 3.8) is 0 Å². The minimum Gasteiger partial charge on any atom is -0.254 e. The summed E-state index contributed by atoms with van der Waals surface area (Å²) in [4.78, 5) is 9.59. The Kier molecular flexibility index (Phi) is 5.27. The molecule has 0 radical (unpaired) electrons. The van der Waals surface area contributed by atoms with E-state index < -0.39 is 5.41 Å². The van der Waals surface area contributed by atoms with Gasteiger partial charge in [0, 0.05) is 28.7 Å². The number of aromatic nitrogens is 2. The predicted octanol–water partition coefficient (Wildman–Crippen LogP) is 10.3. The molecule has 0 bridgehead atoms. The first-order valence-corrected chi connectivity index (χ1v) is 15.9. The quantitative estimate of drug-likeness (QED) is 0.187. The Morgan fingerprint density at radius 3 is 1.70 bits per heavy atom. The lowest BCUT2D eigenvalue weighted by Gasteiger charge is -2.31. The second-order valence-electron chi connectivity index (χ2n) is 12.5. The van der Waals surface area contributed by atoms with Crippen molar-refractivity contribution in [3.05, 3.63) is 180 Å². The molecule has 0 fully saturated rings. The largest absolute Gasteiger partial charge is 0.254 e. The molecule has 10 rings (SSSR count). The van der Waals surface area contributed by atoms with Gasteiger partial charge in [-0.2, -0.15) is 5.26 Å². The lowest BCUT2D eigenvalue weighted by Crippen LogP contribution is -2.26. The fourth-order valence-electron chi connectivity index (χ4n) is 8.13. The van der Waals surface area contributed by atoms with Crippen LogP contribution in [0.15, 0.2) is 152 Å². The van der Waals surface area contributed by atoms with E-state index >= 15 is 0 Å². The molecule has 0 atom stereocenters. The maximum Gasteiger partial charge on any atom is 0.0991 e. The summed E-state index contributed by atoms with van der Waals surface area (Å²) >= 11 is 0. The molecule has 0 unspecified atom stereocenters. The maximum atomic E-state index is 9.39. The molecule has 8 aromatic rings. The molecule has 2 aliphatic carbocycles. The van der Waals surface area contributed by atoms with E-state index in [9.17, 15) is 5.26 Å². The molecule has 0 aliphatic heterocycles. The molecule has 0 amide bonds. The molecule has 2 heterocycles. The topological polar surface area (TPSA) is 49.6 Å². The van der Waals surface area contributed by atoms with Crippen molar-refractivity contribution in [1.29, 1.82) is 5.26 Å². The highest BCUT2D eigenvalue weighted by atomic mass is 14.7. The fourth-order valence-corrected chi connectivity index (χ4v) is 8.13. The van der Waals surface area contributed by atoms with Crippen LogP contribution >= 0.6 is 0 Å². The Bertz CT molecular complexity index is 2600. The van der Waals surface area contributed by atoms with Crippen LogP contribution in [-0.2, 0) is 5.41 Å². The molecule has 2 aliphatic rings.